The normalized spacial score (nSPS) is 14.6. The Labute approximate surface area is 361 Å². The summed E-state index contributed by atoms with van der Waals surface area (Å²) in [5.74, 6) is 4.53. The topological polar surface area (TPSA) is 108 Å². The van der Waals surface area contributed by atoms with Crippen molar-refractivity contribution in [3.8, 4) is 0 Å². The summed E-state index contributed by atoms with van der Waals surface area (Å²) in [7, 11) is 0. The van der Waals surface area contributed by atoms with Crippen molar-refractivity contribution >= 4 is 23.7 Å². The van der Waals surface area contributed by atoms with Crippen LogP contribution in [0.25, 0.3) is 0 Å². The molecular weight excluding hydrogens is 721 g/mol. The van der Waals surface area contributed by atoms with E-state index in [1.54, 1.807) is 18.2 Å². The van der Waals surface area contributed by atoms with Crippen molar-refractivity contribution in [2.45, 2.75) is 189 Å². The Bertz CT molecular complexity index is 1170. The van der Waals surface area contributed by atoms with Gasteiger partial charge in [-0.05, 0) is 130 Å². The van der Waals surface area contributed by atoms with Crippen molar-refractivity contribution < 1.29 is 19.0 Å². The van der Waals surface area contributed by atoms with Crippen LogP contribution in [0, 0.1) is 35.5 Å². The maximum absolute atomic E-state index is 11.1. The Kier molecular flexibility index (Phi) is 43.5. The van der Waals surface area contributed by atoms with E-state index in [0.29, 0.717) is 72.9 Å². The highest BCUT2D eigenvalue weighted by atomic mass is 16.5. The van der Waals surface area contributed by atoms with Gasteiger partial charge in [0.25, 0.3) is 0 Å². The minimum absolute atomic E-state index is 0.0809. The average molecular weight is 817 g/mol. The summed E-state index contributed by atoms with van der Waals surface area (Å²) in [6.07, 6.45) is 18.0. The van der Waals surface area contributed by atoms with E-state index in [4.69, 9.17) is 19.9 Å². The Morgan fingerprint density at radius 2 is 1.24 bits per heavy atom. The van der Waals surface area contributed by atoms with Gasteiger partial charge in [0.1, 0.15) is 6.10 Å². The van der Waals surface area contributed by atoms with Crippen molar-refractivity contribution in [1.82, 2.24) is 0 Å². The van der Waals surface area contributed by atoms with Crippen LogP contribution >= 0.6 is 0 Å². The van der Waals surface area contributed by atoms with E-state index in [9.17, 15) is 4.79 Å². The van der Waals surface area contributed by atoms with Crippen molar-refractivity contribution in [2.24, 2.45) is 56.2 Å². The molecule has 340 valence electrons. The van der Waals surface area contributed by atoms with Crippen LogP contribution in [0.3, 0.4) is 0 Å². The fourth-order valence-electron chi connectivity index (χ4n) is 3.40. The number of guanidine groups is 1. The third-order valence-corrected chi connectivity index (χ3v) is 6.59. The van der Waals surface area contributed by atoms with E-state index >= 15 is 0 Å². The molecular formula is C50H96N4O4. The standard InChI is InChI=1S/2C11H18O.C10H21N3.C8H18O2.C7H15N.C3H6/c1-8(2)10-6-5-7-11(12-10)9(3)4;1-9(2)5-7-11(12)8-6-10(3)4;1-7(2)8(3)12-9(11)13-10(4,5)6;1-7(2)9-5-6-10-8(3)4;1-6(2)5-8-7(3)4;1-3-2/h2*5-10H,1-4H3;7H,1-6H3,(H2,11,13);7-8H,5-6H2,1-4H3;5-7H,1-4H3;3H,1H2,2H3/b;7-5+,8-6+;;;;. The van der Waals surface area contributed by atoms with Crippen molar-refractivity contribution in [3.05, 3.63) is 60.9 Å². The first-order valence-electron chi connectivity index (χ1n) is 21.7. The van der Waals surface area contributed by atoms with Crippen LogP contribution < -0.4 is 5.73 Å². The van der Waals surface area contributed by atoms with Crippen LogP contribution in [0.1, 0.15) is 159 Å². The maximum atomic E-state index is 11.1. The zero-order valence-corrected chi connectivity index (χ0v) is 42.1. The number of ether oxygens (including phenoxy) is 3. The number of aliphatic imine (C=N–C) groups is 3. The summed E-state index contributed by atoms with van der Waals surface area (Å²) >= 11 is 0. The molecule has 1 atom stereocenters. The Morgan fingerprint density at radius 1 is 0.810 bits per heavy atom. The van der Waals surface area contributed by atoms with Gasteiger partial charge in [-0.15, -0.1) is 6.58 Å². The molecule has 8 heteroatoms. The first-order valence-corrected chi connectivity index (χ1v) is 21.7. The van der Waals surface area contributed by atoms with Crippen molar-refractivity contribution in [2.75, 3.05) is 13.2 Å². The van der Waals surface area contributed by atoms with E-state index in [0.717, 1.165) is 11.5 Å². The number of nitrogens with two attached hydrogens (primary N) is 1. The van der Waals surface area contributed by atoms with E-state index in [1.165, 1.54) is 0 Å². The first-order chi connectivity index (χ1) is 26.5. The second kappa shape index (κ2) is 39.4. The number of nitrogens with zero attached hydrogens (tertiary/aromatic N) is 3. The molecule has 58 heavy (non-hydrogen) atoms. The third-order valence-electron chi connectivity index (χ3n) is 6.59. The zero-order valence-electron chi connectivity index (χ0n) is 42.1. The summed E-state index contributed by atoms with van der Waals surface area (Å²) in [5, 5.41) is 0. The molecule has 1 aliphatic rings. The monoisotopic (exact) mass is 817 g/mol. The molecule has 0 saturated carbocycles. The van der Waals surface area contributed by atoms with E-state index < -0.39 is 0 Å². The first kappa shape index (κ1) is 64.1. The number of hydrogen-bond acceptors (Lipinski definition) is 6. The number of rotatable bonds is 14. The Hall–Kier alpha value is -3.10. The molecule has 0 bridgehead atoms. The smallest absolute Gasteiger partial charge is 0.215 e. The molecule has 8 nitrogen and oxygen atoms in total. The van der Waals surface area contributed by atoms with E-state index in [2.05, 4.69) is 137 Å². The lowest BCUT2D eigenvalue weighted by Crippen LogP contribution is -2.20. The molecule has 1 unspecified atom stereocenters. The molecule has 0 aromatic rings. The number of carbonyl (C=O) groups is 1. The predicted molar refractivity (Wildman–Crippen MR) is 261 cm³/mol. The largest absolute Gasteiger partial charge is 0.490 e. The predicted octanol–water partition coefficient (Wildman–Crippen LogP) is 13.5. The highest BCUT2D eigenvalue weighted by molar-refractivity contribution is 5.99. The number of ketones is 1. The van der Waals surface area contributed by atoms with Gasteiger partial charge in [-0.3, -0.25) is 9.79 Å². The molecule has 2 N–H and O–H groups in total. The van der Waals surface area contributed by atoms with Crippen LogP contribution in [-0.4, -0.2) is 66.8 Å². The minimum Gasteiger partial charge on any atom is -0.490 e. The van der Waals surface area contributed by atoms with Gasteiger partial charge in [0.2, 0.25) is 5.96 Å². The van der Waals surface area contributed by atoms with Gasteiger partial charge in [0, 0.05) is 23.9 Å². The fraction of sp³-hybridized carbons (Fsp3) is 0.720. The van der Waals surface area contributed by atoms with E-state index in [-0.39, 0.29) is 17.4 Å². The Balaban J connectivity index is -0.000000200. The number of allylic oxidation sites excluding steroid dienone is 8. The number of hydrogen-bond donors (Lipinski definition) is 1. The van der Waals surface area contributed by atoms with Crippen LogP contribution in [0.5, 0.6) is 0 Å². The van der Waals surface area contributed by atoms with Gasteiger partial charge in [0.05, 0.1) is 36.7 Å². The lowest BCUT2D eigenvalue weighted by molar-refractivity contribution is -0.110. The summed E-state index contributed by atoms with van der Waals surface area (Å²) in [5.41, 5.74) is 6.53. The summed E-state index contributed by atoms with van der Waals surface area (Å²) < 4.78 is 16.3. The molecule has 1 aliphatic heterocycles. The summed E-state index contributed by atoms with van der Waals surface area (Å²) in [4.78, 5) is 23.7. The molecule has 0 amide bonds. The minimum atomic E-state index is -0.148. The lowest BCUT2D eigenvalue weighted by atomic mass is 10.0. The van der Waals surface area contributed by atoms with Crippen LogP contribution in [0.15, 0.2) is 75.9 Å². The molecule has 0 fully saturated rings. The fourth-order valence-corrected chi connectivity index (χ4v) is 3.40. The van der Waals surface area contributed by atoms with Gasteiger partial charge in [-0.1, -0.05) is 107 Å². The molecule has 0 radical (unpaired) electrons. The average Bonchev–Trinajstić information content (AvgIpc) is 3.08. The quantitative estimate of drug-likeness (QED) is 0.0617. The van der Waals surface area contributed by atoms with Gasteiger partial charge >= 0.3 is 0 Å². The van der Waals surface area contributed by atoms with Crippen LogP contribution in [-0.2, 0) is 19.0 Å². The summed E-state index contributed by atoms with van der Waals surface area (Å²) in [6.45, 7) is 52.2. The molecule has 1 rings (SSSR count). The zero-order chi connectivity index (χ0) is 46.6. The maximum Gasteiger partial charge on any atom is 0.215 e. The highest BCUT2D eigenvalue weighted by Crippen LogP contribution is 2.22. The van der Waals surface area contributed by atoms with Gasteiger partial charge < -0.3 is 19.9 Å². The lowest BCUT2D eigenvalue weighted by Gasteiger charge is -2.25. The highest BCUT2D eigenvalue weighted by Gasteiger charge is 2.17. The molecule has 0 aromatic carbocycles. The second-order valence-electron chi connectivity index (χ2n) is 18.0. The molecule has 0 aromatic heterocycles. The molecule has 0 spiro atoms. The second-order valence-corrected chi connectivity index (χ2v) is 18.0. The SMILES string of the molecule is C=CC.CC(=NC(N)=NC(C)(C)C)C(C)C.CC(C)/C=C/C(=O)/C=C/C(C)C.CC(C)C1=CC=CC(C(C)C)O1.CC(C)C=NC(C)C.CC(C)OCCOC(C)C. The third kappa shape index (κ3) is 57.2. The molecule has 0 aliphatic carbocycles. The Morgan fingerprint density at radius 3 is 1.52 bits per heavy atom. The van der Waals surface area contributed by atoms with Gasteiger partial charge in [-0.2, -0.15) is 0 Å². The van der Waals surface area contributed by atoms with Crippen LogP contribution in [0.4, 0.5) is 0 Å². The molecule has 1 heterocycles. The van der Waals surface area contributed by atoms with E-state index in [1.807, 2.05) is 80.7 Å². The van der Waals surface area contributed by atoms with Crippen molar-refractivity contribution in [1.29, 1.82) is 0 Å². The number of carbonyl (C=O) groups excluding carboxylic acids is 1. The van der Waals surface area contributed by atoms with Gasteiger partial charge in [-0.25, -0.2) is 9.98 Å². The van der Waals surface area contributed by atoms with Crippen molar-refractivity contribution in [3.63, 3.8) is 0 Å². The van der Waals surface area contributed by atoms with Gasteiger partial charge in [0.15, 0.2) is 5.78 Å². The summed E-state index contributed by atoms with van der Waals surface area (Å²) in [6, 6.07) is 0.456. The molecule has 0 saturated heterocycles. The van der Waals surface area contributed by atoms with Crippen LogP contribution in [0.2, 0.25) is 0 Å².